The van der Waals surface area contributed by atoms with Crippen LogP contribution in [0.4, 0.5) is 5.69 Å². The van der Waals surface area contributed by atoms with Gasteiger partial charge < -0.3 is 5.32 Å². The molecule has 4 bridgehead atoms. The number of carbonyl (C=O) groups is 1. The van der Waals surface area contributed by atoms with Crippen molar-refractivity contribution < 1.29 is 9.72 Å². The number of rotatable bonds is 4. The fraction of sp³-hybridized carbons (Fsp3) is 0.632. The Hall–Kier alpha value is -1.62. The van der Waals surface area contributed by atoms with E-state index < -0.39 is 4.92 Å². The minimum Gasteiger partial charge on any atom is -0.349 e. The number of benzene rings is 1. The molecule has 0 radical (unpaired) electrons. The molecular formula is C19H23ClN2O3. The maximum atomic E-state index is 12.7. The summed E-state index contributed by atoms with van der Waals surface area (Å²) in [5.41, 5.74) is 0.285. The van der Waals surface area contributed by atoms with Crippen LogP contribution < -0.4 is 5.32 Å². The third-order valence-electron chi connectivity index (χ3n) is 6.76. The molecule has 4 aliphatic carbocycles. The average Bonchev–Trinajstić information content (AvgIpc) is 2.53. The van der Waals surface area contributed by atoms with E-state index >= 15 is 0 Å². The second kappa shape index (κ2) is 5.97. The molecule has 0 aliphatic heterocycles. The summed E-state index contributed by atoms with van der Waals surface area (Å²) in [6.45, 7) is 2.11. The van der Waals surface area contributed by atoms with Crippen molar-refractivity contribution in [1.82, 2.24) is 5.32 Å². The number of halogens is 1. The molecule has 0 spiro atoms. The van der Waals surface area contributed by atoms with Gasteiger partial charge in [-0.05, 0) is 80.8 Å². The van der Waals surface area contributed by atoms with Gasteiger partial charge in [-0.3, -0.25) is 14.9 Å². The fourth-order valence-corrected chi connectivity index (χ4v) is 6.12. The monoisotopic (exact) mass is 362 g/mol. The smallest absolute Gasteiger partial charge is 0.288 e. The van der Waals surface area contributed by atoms with Crippen molar-refractivity contribution in [2.24, 2.45) is 23.2 Å². The Morgan fingerprint density at radius 3 is 2.32 bits per heavy atom. The first-order chi connectivity index (χ1) is 11.9. The van der Waals surface area contributed by atoms with E-state index in [1.807, 2.05) is 0 Å². The van der Waals surface area contributed by atoms with Gasteiger partial charge >= 0.3 is 0 Å². The largest absolute Gasteiger partial charge is 0.349 e. The molecule has 1 amide bonds. The number of hydrogen-bond donors (Lipinski definition) is 1. The predicted octanol–water partition coefficient (Wildman–Crippen LogP) is 4.58. The van der Waals surface area contributed by atoms with Crippen LogP contribution in [0.25, 0.3) is 0 Å². The summed E-state index contributed by atoms with van der Waals surface area (Å²) in [6, 6.07) is 4.33. The SMILES string of the molecule is C[C@H](NC(=O)c1ccc(Cl)c([N+](=O)[O-])c1)C12CC3CC(CC(C3)C1)C2. The third-order valence-corrected chi connectivity index (χ3v) is 7.08. The van der Waals surface area contributed by atoms with Gasteiger partial charge in [0.05, 0.1) is 4.92 Å². The van der Waals surface area contributed by atoms with Crippen molar-refractivity contribution in [3.63, 3.8) is 0 Å². The van der Waals surface area contributed by atoms with Gasteiger partial charge in [0.25, 0.3) is 11.6 Å². The zero-order valence-electron chi connectivity index (χ0n) is 14.3. The van der Waals surface area contributed by atoms with E-state index in [-0.39, 0.29) is 28.1 Å². The number of nitro groups is 1. The third kappa shape index (κ3) is 2.92. The Bertz CT molecular complexity index is 698. The summed E-state index contributed by atoms with van der Waals surface area (Å²) in [6.07, 6.45) is 7.72. The normalized spacial score (nSPS) is 33.9. The molecule has 4 fully saturated rings. The molecule has 4 aliphatic rings. The van der Waals surface area contributed by atoms with Crippen molar-refractivity contribution >= 4 is 23.2 Å². The lowest BCUT2D eigenvalue weighted by molar-refractivity contribution is -0.384. The number of nitrogens with one attached hydrogen (secondary N) is 1. The molecule has 25 heavy (non-hydrogen) atoms. The quantitative estimate of drug-likeness (QED) is 0.629. The summed E-state index contributed by atoms with van der Waals surface area (Å²) in [7, 11) is 0. The topological polar surface area (TPSA) is 72.2 Å². The van der Waals surface area contributed by atoms with Crippen LogP contribution in [0.5, 0.6) is 0 Å². The lowest BCUT2D eigenvalue weighted by Gasteiger charge is -2.59. The van der Waals surface area contributed by atoms with Gasteiger partial charge in [0, 0.05) is 17.7 Å². The first-order valence-corrected chi connectivity index (χ1v) is 9.49. The van der Waals surface area contributed by atoms with Gasteiger partial charge in [-0.1, -0.05) is 11.6 Å². The van der Waals surface area contributed by atoms with Crippen molar-refractivity contribution in [2.45, 2.75) is 51.5 Å². The lowest BCUT2D eigenvalue weighted by Crippen LogP contribution is -2.55. The van der Waals surface area contributed by atoms with E-state index in [1.165, 1.54) is 50.7 Å². The number of nitrogens with zero attached hydrogens (tertiary/aromatic N) is 1. The van der Waals surface area contributed by atoms with Crippen LogP contribution >= 0.6 is 11.6 Å². The van der Waals surface area contributed by atoms with Gasteiger partial charge in [0.2, 0.25) is 0 Å². The second-order valence-electron chi connectivity index (χ2n) is 8.40. The molecule has 0 aromatic heterocycles. The molecule has 5 nitrogen and oxygen atoms in total. The zero-order valence-corrected chi connectivity index (χ0v) is 15.1. The fourth-order valence-electron chi connectivity index (χ4n) is 5.93. The summed E-state index contributed by atoms with van der Waals surface area (Å²) >= 11 is 5.84. The predicted molar refractivity (Wildman–Crippen MR) is 95.6 cm³/mol. The molecule has 1 N–H and O–H groups in total. The summed E-state index contributed by atoms with van der Waals surface area (Å²) in [5, 5.41) is 14.2. The van der Waals surface area contributed by atoms with Crippen LogP contribution in [0.2, 0.25) is 5.02 Å². The van der Waals surface area contributed by atoms with Crippen LogP contribution in [0.3, 0.4) is 0 Å². The average molecular weight is 363 g/mol. The van der Waals surface area contributed by atoms with Crippen LogP contribution in [-0.4, -0.2) is 16.9 Å². The van der Waals surface area contributed by atoms with Crippen molar-refractivity contribution in [1.29, 1.82) is 0 Å². The molecule has 5 rings (SSSR count). The lowest BCUT2D eigenvalue weighted by atomic mass is 9.48. The van der Waals surface area contributed by atoms with Crippen molar-refractivity contribution in [3.8, 4) is 0 Å². The minimum atomic E-state index is -0.554. The van der Waals surface area contributed by atoms with E-state index in [0.717, 1.165) is 17.8 Å². The Kier molecular flexibility index (Phi) is 4.02. The van der Waals surface area contributed by atoms with E-state index in [9.17, 15) is 14.9 Å². The maximum absolute atomic E-state index is 12.7. The molecule has 1 aromatic rings. The number of amides is 1. The first-order valence-electron chi connectivity index (χ1n) is 9.11. The highest BCUT2D eigenvalue weighted by Gasteiger charge is 2.53. The van der Waals surface area contributed by atoms with Gasteiger partial charge in [0.15, 0.2) is 0 Å². The zero-order chi connectivity index (χ0) is 17.8. The van der Waals surface area contributed by atoms with E-state index in [2.05, 4.69) is 12.2 Å². The number of nitro benzene ring substituents is 1. The van der Waals surface area contributed by atoms with Crippen LogP contribution in [-0.2, 0) is 0 Å². The molecule has 134 valence electrons. The maximum Gasteiger partial charge on any atom is 0.288 e. The molecule has 1 aromatic carbocycles. The van der Waals surface area contributed by atoms with Crippen LogP contribution in [0, 0.1) is 33.3 Å². The Morgan fingerprint density at radius 1 is 1.24 bits per heavy atom. The van der Waals surface area contributed by atoms with Gasteiger partial charge in [-0.25, -0.2) is 0 Å². The van der Waals surface area contributed by atoms with Gasteiger partial charge in [-0.2, -0.15) is 0 Å². The molecular weight excluding hydrogens is 340 g/mol. The van der Waals surface area contributed by atoms with Crippen molar-refractivity contribution in [3.05, 3.63) is 38.9 Å². The van der Waals surface area contributed by atoms with Crippen LogP contribution in [0.1, 0.15) is 55.8 Å². The summed E-state index contributed by atoms with van der Waals surface area (Å²) < 4.78 is 0. The highest BCUT2D eigenvalue weighted by atomic mass is 35.5. The van der Waals surface area contributed by atoms with Crippen LogP contribution in [0.15, 0.2) is 18.2 Å². The van der Waals surface area contributed by atoms with E-state index in [0.29, 0.717) is 5.56 Å². The minimum absolute atomic E-state index is 0.0516. The van der Waals surface area contributed by atoms with Gasteiger partial charge in [-0.15, -0.1) is 0 Å². The van der Waals surface area contributed by atoms with E-state index in [1.54, 1.807) is 6.07 Å². The summed E-state index contributed by atoms with van der Waals surface area (Å²) in [5.74, 6) is 2.22. The summed E-state index contributed by atoms with van der Waals surface area (Å²) in [4.78, 5) is 23.1. The van der Waals surface area contributed by atoms with Gasteiger partial charge in [0.1, 0.15) is 5.02 Å². The molecule has 0 unspecified atom stereocenters. The molecule has 0 saturated heterocycles. The standard InChI is InChI=1S/C19H23ClN2O3/c1-11(19-8-12-4-13(9-19)6-14(5-12)10-19)21-18(23)15-2-3-16(20)17(7-15)22(24)25/h2-3,7,11-14H,4-6,8-10H2,1H3,(H,21,23)/t11-,12?,13?,14?,19?/m0/s1. The Balaban J connectivity index is 1.51. The Labute approximate surface area is 152 Å². The molecule has 0 heterocycles. The van der Waals surface area contributed by atoms with E-state index in [4.69, 9.17) is 11.6 Å². The number of hydrogen-bond acceptors (Lipinski definition) is 3. The number of carbonyl (C=O) groups excluding carboxylic acids is 1. The first kappa shape index (κ1) is 16.8. The molecule has 4 saturated carbocycles. The van der Waals surface area contributed by atoms with Crippen molar-refractivity contribution in [2.75, 3.05) is 0 Å². The highest BCUT2D eigenvalue weighted by molar-refractivity contribution is 6.32. The second-order valence-corrected chi connectivity index (χ2v) is 8.81. The Morgan fingerprint density at radius 2 is 1.80 bits per heavy atom. The molecule has 1 atom stereocenters. The highest BCUT2D eigenvalue weighted by Crippen LogP contribution is 2.61. The molecule has 6 heteroatoms.